The Labute approximate surface area is 150 Å². The van der Waals surface area contributed by atoms with Crippen LogP contribution in [0.25, 0.3) is 0 Å². The molecule has 3 rings (SSSR count). The van der Waals surface area contributed by atoms with Gasteiger partial charge in [-0.15, -0.1) is 0 Å². The summed E-state index contributed by atoms with van der Waals surface area (Å²) >= 11 is 0. The van der Waals surface area contributed by atoms with Crippen LogP contribution in [0.4, 0.5) is 11.4 Å². The Morgan fingerprint density at radius 1 is 1.04 bits per heavy atom. The molecule has 0 N–H and O–H groups in total. The summed E-state index contributed by atoms with van der Waals surface area (Å²) in [6.45, 7) is 1.99. The number of nitrogens with zero attached hydrogens (tertiary/aromatic N) is 3. The van der Waals surface area contributed by atoms with Crippen LogP contribution in [0.2, 0.25) is 0 Å². The minimum Gasteiger partial charge on any atom is -0.619 e. The van der Waals surface area contributed by atoms with Crippen LogP contribution in [0.3, 0.4) is 0 Å². The first-order valence-corrected chi connectivity index (χ1v) is 7.23. The van der Waals surface area contributed by atoms with E-state index in [1.807, 2.05) is 38.1 Å². The second-order valence-corrected chi connectivity index (χ2v) is 5.61. The first-order chi connectivity index (χ1) is 11.0. The minimum atomic E-state index is -0.418. The summed E-state index contributed by atoms with van der Waals surface area (Å²) in [5, 5.41) is 0. The molecular weight excluding hydrogens is 349 g/mol. The normalized spacial score (nSPS) is 14.3. The summed E-state index contributed by atoms with van der Waals surface area (Å²) in [5.74, 6) is -0.267. The van der Waals surface area contributed by atoms with Crippen molar-refractivity contribution in [1.29, 1.82) is 0 Å². The predicted octanol–water partition coefficient (Wildman–Crippen LogP) is 2.25. The number of pyridine rings is 1. The third-order valence-electron chi connectivity index (χ3n) is 3.71. The SMILES string of the molecule is Cc1cc(N(C)C)ccc1N=C1C=CC(=O)c2[n-]c(=O)ccc21.[Co]. The second-order valence-electron chi connectivity index (χ2n) is 5.61. The zero-order valence-electron chi connectivity index (χ0n) is 13.5. The summed E-state index contributed by atoms with van der Waals surface area (Å²) < 4.78 is 0. The average Bonchev–Trinajstić information content (AvgIpc) is 2.51. The number of fused-ring (bicyclic) bond motifs is 1. The van der Waals surface area contributed by atoms with E-state index in [1.165, 1.54) is 12.1 Å². The Bertz CT molecular complexity index is 911. The van der Waals surface area contributed by atoms with Gasteiger partial charge in [-0.25, -0.2) is 4.99 Å². The average molecular weight is 365 g/mol. The molecule has 0 unspecified atom stereocenters. The van der Waals surface area contributed by atoms with Crippen LogP contribution in [0.1, 0.15) is 21.6 Å². The van der Waals surface area contributed by atoms with Crippen LogP contribution >= 0.6 is 0 Å². The first kappa shape index (κ1) is 17.9. The maximum absolute atomic E-state index is 11.9. The summed E-state index contributed by atoms with van der Waals surface area (Å²) in [6, 6.07) is 8.94. The van der Waals surface area contributed by atoms with Crippen molar-refractivity contribution in [3.05, 3.63) is 69.7 Å². The van der Waals surface area contributed by atoms with Gasteiger partial charge >= 0.3 is 0 Å². The smallest absolute Gasteiger partial charge is 0.164 e. The molecule has 125 valence electrons. The number of aliphatic imine (C=N–C) groups is 1. The minimum absolute atomic E-state index is 0. The van der Waals surface area contributed by atoms with E-state index in [0.29, 0.717) is 11.3 Å². The van der Waals surface area contributed by atoms with E-state index in [0.717, 1.165) is 16.9 Å². The predicted molar refractivity (Wildman–Crippen MR) is 91.2 cm³/mol. The molecule has 6 heteroatoms. The number of hydrogen-bond acceptors (Lipinski definition) is 4. The van der Waals surface area contributed by atoms with Gasteiger partial charge in [0.15, 0.2) is 5.78 Å². The van der Waals surface area contributed by atoms with Crippen LogP contribution in [-0.4, -0.2) is 25.6 Å². The van der Waals surface area contributed by atoms with E-state index in [9.17, 15) is 9.59 Å². The molecule has 0 bridgehead atoms. The molecule has 0 spiro atoms. The van der Waals surface area contributed by atoms with Gasteiger partial charge in [0.25, 0.3) is 0 Å². The molecule has 1 aliphatic carbocycles. The number of carbonyl (C=O) groups is 1. The number of ketones is 1. The first-order valence-electron chi connectivity index (χ1n) is 7.23. The molecule has 24 heavy (non-hydrogen) atoms. The van der Waals surface area contributed by atoms with Gasteiger partial charge in [-0.05, 0) is 54.5 Å². The van der Waals surface area contributed by atoms with E-state index in [-0.39, 0.29) is 28.3 Å². The van der Waals surface area contributed by atoms with Crippen LogP contribution in [0, 0.1) is 6.92 Å². The standard InChI is InChI=1S/C18H17N3O2.Co/c1-11-10-12(21(2)3)4-6-14(11)19-15-7-8-16(22)18-13(15)5-9-17(23)20-18;/h4-10H,1-3H3,(H,19,20,23);/p-1. The van der Waals surface area contributed by atoms with Crippen molar-refractivity contribution in [2.45, 2.75) is 6.92 Å². The fraction of sp³-hybridized carbons (Fsp3) is 0.167. The van der Waals surface area contributed by atoms with E-state index in [1.54, 1.807) is 12.1 Å². The zero-order valence-corrected chi connectivity index (χ0v) is 14.6. The van der Waals surface area contributed by atoms with Crippen LogP contribution in [0.15, 0.2) is 52.3 Å². The number of aryl methyl sites for hydroxylation is 1. The molecule has 0 saturated carbocycles. The number of rotatable bonds is 2. The number of allylic oxidation sites excluding steroid dienone is 2. The Morgan fingerprint density at radius 2 is 1.79 bits per heavy atom. The van der Waals surface area contributed by atoms with Gasteiger partial charge in [0.2, 0.25) is 0 Å². The van der Waals surface area contributed by atoms with Crippen LogP contribution in [-0.2, 0) is 16.8 Å². The zero-order chi connectivity index (χ0) is 16.6. The molecule has 1 aliphatic rings. The van der Waals surface area contributed by atoms with E-state index in [4.69, 9.17) is 0 Å². The molecule has 0 aliphatic heterocycles. The molecule has 0 atom stereocenters. The maximum atomic E-state index is 11.9. The Kier molecular flexibility index (Phi) is 5.21. The van der Waals surface area contributed by atoms with Crippen molar-refractivity contribution in [2.75, 3.05) is 19.0 Å². The van der Waals surface area contributed by atoms with Crippen molar-refractivity contribution in [3.63, 3.8) is 0 Å². The molecule has 0 amide bonds. The fourth-order valence-electron chi connectivity index (χ4n) is 2.43. The molecule has 5 nitrogen and oxygen atoms in total. The molecule has 1 heterocycles. The van der Waals surface area contributed by atoms with Gasteiger partial charge in [-0.2, -0.15) is 0 Å². The molecule has 1 radical (unpaired) electrons. The van der Waals surface area contributed by atoms with Gasteiger partial charge < -0.3 is 14.7 Å². The Hall–Kier alpha value is -2.44. The largest absolute Gasteiger partial charge is 0.619 e. The van der Waals surface area contributed by atoms with Gasteiger partial charge in [-0.3, -0.25) is 4.79 Å². The molecule has 1 aromatic heterocycles. The van der Waals surface area contributed by atoms with E-state index < -0.39 is 5.56 Å². The van der Waals surface area contributed by atoms with Crippen molar-refractivity contribution in [3.8, 4) is 0 Å². The third kappa shape index (κ3) is 3.39. The van der Waals surface area contributed by atoms with Crippen molar-refractivity contribution < 1.29 is 21.6 Å². The summed E-state index contributed by atoms with van der Waals surface area (Å²) in [5.41, 5.74) is 3.92. The number of benzene rings is 1. The Balaban J connectivity index is 0.00000208. The number of hydrogen-bond donors (Lipinski definition) is 0. The van der Waals surface area contributed by atoms with Crippen molar-refractivity contribution >= 4 is 22.9 Å². The van der Waals surface area contributed by atoms with Crippen molar-refractivity contribution in [2.24, 2.45) is 4.99 Å². The van der Waals surface area contributed by atoms with E-state index >= 15 is 0 Å². The molecule has 0 saturated heterocycles. The van der Waals surface area contributed by atoms with Crippen molar-refractivity contribution in [1.82, 2.24) is 4.98 Å². The van der Waals surface area contributed by atoms with Gasteiger partial charge in [0.05, 0.1) is 17.0 Å². The molecule has 1 aromatic carbocycles. The molecule has 2 aromatic rings. The molecule has 0 fully saturated rings. The topological polar surface area (TPSA) is 63.8 Å². The Morgan fingerprint density at radius 3 is 2.46 bits per heavy atom. The van der Waals surface area contributed by atoms with Crippen LogP contribution in [0.5, 0.6) is 0 Å². The summed E-state index contributed by atoms with van der Waals surface area (Å²) in [4.78, 5) is 33.7. The fourth-order valence-corrected chi connectivity index (χ4v) is 2.43. The summed E-state index contributed by atoms with van der Waals surface area (Å²) in [6.07, 6.45) is 3.06. The number of aromatic nitrogens is 1. The quantitative estimate of drug-likeness (QED) is 0.819. The number of anilines is 1. The van der Waals surface area contributed by atoms with Gasteiger partial charge in [0.1, 0.15) is 0 Å². The van der Waals surface area contributed by atoms with E-state index in [2.05, 4.69) is 16.0 Å². The molecular formula is C18H16CoN3O2-. The second kappa shape index (κ2) is 6.98. The summed E-state index contributed by atoms with van der Waals surface area (Å²) in [7, 11) is 3.97. The monoisotopic (exact) mass is 365 g/mol. The third-order valence-corrected chi connectivity index (χ3v) is 3.71. The van der Waals surface area contributed by atoms with Crippen LogP contribution < -0.4 is 15.4 Å². The van der Waals surface area contributed by atoms with Gasteiger partial charge in [0, 0.05) is 36.6 Å². The van der Waals surface area contributed by atoms with Gasteiger partial charge in [-0.1, -0.05) is 11.8 Å². The number of carbonyl (C=O) groups excluding carboxylic acids is 1. The maximum Gasteiger partial charge on any atom is 0.164 e.